The lowest BCUT2D eigenvalue weighted by molar-refractivity contribution is -0.0698. The van der Waals surface area contributed by atoms with Gasteiger partial charge in [0, 0.05) is 10.9 Å². The molecule has 3 rings (SSSR count). The Balaban J connectivity index is 2.34. The largest absolute Gasteiger partial charge is 0.418 e. The number of hydrogen-bond donors (Lipinski definition) is 1. The summed E-state index contributed by atoms with van der Waals surface area (Å²) in [4.78, 5) is 15.8. The van der Waals surface area contributed by atoms with Crippen LogP contribution in [-0.4, -0.2) is 28.2 Å². The molecule has 0 fully saturated rings. The van der Waals surface area contributed by atoms with Crippen molar-refractivity contribution in [3.63, 3.8) is 0 Å². The predicted molar refractivity (Wildman–Crippen MR) is 66.1 cm³/mol. The van der Waals surface area contributed by atoms with Crippen LogP contribution in [0.15, 0.2) is 36.4 Å². The molecule has 1 unspecified atom stereocenters. The highest BCUT2D eigenvalue weighted by atomic mass is 19.4. The van der Waals surface area contributed by atoms with E-state index in [9.17, 15) is 23.1 Å². The highest BCUT2D eigenvalue weighted by Gasteiger charge is 2.42. The van der Waals surface area contributed by atoms with Crippen molar-refractivity contribution in [2.24, 2.45) is 0 Å². The number of aliphatic hydroxyl groups is 1. The van der Waals surface area contributed by atoms with Gasteiger partial charge in [-0.15, -0.1) is 0 Å². The third-order valence-electron chi connectivity index (χ3n) is 3.14. The molecule has 0 radical (unpaired) electrons. The minimum Gasteiger partial charge on any atom is -0.381 e. The van der Waals surface area contributed by atoms with Gasteiger partial charge >= 0.3 is 6.18 Å². The van der Waals surface area contributed by atoms with Gasteiger partial charge in [-0.3, -0.25) is 4.79 Å². The molecule has 1 aliphatic carbocycles. The first-order valence-corrected chi connectivity index (χ1v) is 5.79. The first-order chi connectivity index (χ1) is 9.38. The number of fused-ring (bicyclic) bond motifs is 2. The summed E-state index contributed by atoms with van der Waals surface area (Å²) in [5.41, 5.74) is -1.34. The Kier molecular flexibility index (Phi) is 2.65. The van der Waals surface area contributed by atoms with Crippen molar-refractivity contribution in [2.45, 2.75) is 12.3 Å². The van der Waals surface area contributed by atoms with Crippen LogP contribution in [-0.2, 0) is 0 Å². The van der Waals surface area contributed by atoms with Crippen LogP contribution >= 0.6 is 0 Å². The van der Waals surface area contributed by atoms with Gasteiger partial charge in [-0.2, -0.15) is 13.2 Å². The summed E-state index contributed by atoms with van der Waals surface area (Å²) >= 11 is 0. The van der Waals surface area contributed by atoms with E-state index >= 15 is 0 Å². The van der Waals surface area contributed by atoms with Crippen molar-refractivity contribution < 1.29 is 23.1 Å². The van der Waals surface area contributed by atoms with Crippen molar-refractivity contribution in [2.75, 3.05) is 0 Å². The van der Waals surface area contributed by atoms with Crippen LogP contribution in [0.5, 0.6) is 0 Å². The summed E-state index contributed by atoms with van der Waals surface area (Å²) < 4.78 is 39.0. The van der Waals surface area contributed by atoms with Gasteiger partial charge in [-0.05, 0) is 18.2 Å². The molecular formula is C14H8F3NO2. The number of rotatable bonds is 0. The van der Waals surface area contributed by atoms with Crippen LogP contribution in [0.2, 0.25) is 0 Å². The summed E-state index contributed by atoms with van der Waals surface area (Å²) in [5.74, 6) is -0.772. The van der Waals surface area contributed by atoms with Crippen molar-refractivity contribution >= 4 is 22.3 Å². The fourth-order valence-corrected chi connectivity index (χ4v) is 2.21. The number of alkyl halides is 3. The number of nitrogens with zero attached hydrogens (tertiary/aromatic N) is 1. The number of ketones is 1. The van der Waals surface area contributed by atoms with Gasteiger partial charge in [0.2, 0.25) is 0 Å². The van der Waals surface area contributed by atoms with Crippen LogP contribution in [0.1, 0.15) is 16.1 Å². The molecule has 0 spiro atoms. The Hall–Kier alpha value is -2.21. The van der Waals surface area contributed by atoms with Crippen LogP contribution in [0, 0.1) is 0 Å². The van der Waals surface area contributed by atoms with Crippen molar-refractivity contribution in [1.82, 2.24) is 4.98 Å². The summed E-state index contributed by atoms with van der Waals surface area (Å²) in [7, 11) is 0. The Morgan fingerprint density at radius 1 is 1.20 bits per heavy atom. The number of carbonyl (C=O) groups is 1. The Bertz CT molecular complexity index is 750. The fraction of sp³-hybridized carbons (Fsp3) is 0.143. The Morgan fingerprint density at radius 3 is 2.60 bits per heavy atom. The standard InChI is InChI=1S/C14H8F3NO2/c15-14(16,17)9-6-11(19)13(20)8-5-7-3-1-2-4-10(7)18-12(8)9/h1-6,11,19H. The molecular weight excluding hydrogens is 271 g/mol. The highest BCUT2D eigenvalue weighted by molar-refractivity contribution is 6.09. The zero-order valence-corrected chi connectivity index (χ0v) is 9.98. The first kappa shape index (κ1) is 12.8. The number of para-hydroxylation sites is 1. The topological polar surface area (TPSA) is 50.2 Å². The number of benzene rings is 1. The van der Waals surface area contributed by atoms with Crippen LogP contribution in [0.4, 0.5) is 13.2 Å². The number of hydrogen-bond acceptors (Lipinski definition) is 3. The maximum atomic E-state index is 13.0. The summed E-state index contributed by atoms with van der Waals surface area (Å²) in [6, 6.07) is 7.90. The van der Waals surface area contributed by atoms with Crippen molar-refractivity contribution in [1.29, 1.82) is 0 Å². The van der Waals surface area contributed by atoms with E-state index in [2.05, 4.69) is 4.98 Å². The average Bonchev–Trinajstić information content (AvgIpc) is 2.40. The first-order valence-electron chi connectivity index (χ1n) is 5.79. The lowest BCUT2D eigenvalue weighted by atomic mass is 9.91. The van der Waals surface area contributed by atoms with Gasteiger partial charge in [0.15, 0.2) is 5.78 Å². The minimum absolute atomic E-state index is 0.203. The number of pyridine rings is 1. The quantitative estimate of drug-likeness (QED) is 0.806. The number of halogens is 3. The third kappa shape index (κ3) is 1.89. The van der Waals surface area contributed by atoms with E-state index in [1.807, 2.05) is 0 Å². The lowest BCUT2D eigenvalue weighted by Crippen LogP contribution is -2.28. The van der Waals surface area contributed by atoms with Gasteiger partial charge in [0.1, 0.15) is 6.10 Å². The SMILES string of the molecule is O=C1c2cc3ccccc3nc2C(C(F)(F)F)=CC1O. The molecule has 0 saturated heterocycles. The van der Waals surface area contributed by atoms with Crippen molar-refractivity contribution in [3.8, 4) is 0 Å². The van der Waals surface area contributed by atoms with E-state index in [0.29, 0.717) is 17.0 Å². The smallest absolute Gasteiger partial charge is 0.381 e. The van der Waals surface area contributed by atoms with Crippen molar-refractivity contribution in [3.05, 3.63) is 47.7 Å². The summed E-state index contributed by atoms with van der Waals surface area (Å²) in [6.07, 6.45) is -5.96. The molecule has 1 heterocycles. The Labute approximate surface area is 111 Å². The van der Waals surface area contributed by atoms with E-state index in [-0.39, 0.29) is 5.56 Å². The normalized spacial score (nSPS) is 18.9. The average molecular weight is 279 g/mol. The van der Waals surface area contributed by atoms with Gasteiger partial charge in [0.25, 0.3) is 0 Å². The molecule has 1 aromatic carbocycles. The third-order valence-corrected chi connectivity index (χ3v) is 3.14. The number of aliphatic hydroxyl groups excluding tert-OH is 1. The van der Waals surface area contributed by atoms with E-state index in [4.69, 9.17) is 0 Å². The maximum Gasteiger partial charge on any atom is 0.418 e. The molecule has 6 heteroatoms. The monoisotopic (exact) mass is 279 g/mol. The molecule has 1 aliphatic rings. The summed E-state index contributed by atoms with van der Waals surface area (Å²) in [6.45, 7) is 0. The number of aromatic nitrogens is 1. The summed E-state index contributed by atoms with van der Waals surface area (Å²) in [5, 5.41) is 10.0. The highest BCUT2D eigenvalue weighted by Crippen LogP contribution is 2.38. The van der Waals surface area contributed by atoms with Gasteiger partial charge < -0.3 is 5.11 Å². The zero-order chi connectivity index (χ0) is 14.5. The second-order valence-corrected chi connectivity index (χ2v) is 4.46. The predicted octanol–water partition coefficient (Wildman–Crippen LogP) is 2.74. The zero-order valence-electron chi connectivity index (χ0n) is 9.98. The molecule has 102 valence electrons. The van der Waals surface area contributed by atoms with Crippen LogP contribution in [0.25, 0.3) is 16.5 Å². The van der Waals surface area contributed by atoms with E-state index in [1.54, 1.807) is 24.3 Å². The molecule has 20 heavy (non-hydrogen) atoms. The van der Waals surface area contributed by atoms with E-state index in [0.717, 1.165) is 0 Å². The molecule has 0 bridgehead atoms. The molecule has 1 N–H and O–H groups in total. The fourth-order valence-electron chi connectivity index (χ4n) is 2.21. The molecule has 0 saturated carbocycles. The van der Waals surface area contributed by atoms with Gasteiger partial charge in [-0.1, -0.05) is 18.2 Å². The van der Waals surface area contributed by atoms with Crippen LogP contribution < -0.4 is 0 Å². The Morgan fingerprint density at radius 2 is 1.90 bits per heavy atom. The molecule has 2 aromatic rings. The second kappa shape index (κ2) is 4.14. The second-order valence-electron chi connectivity index (χ2n) is 4.46. The number of Topliss-reactive ketones (excluding diaryl/α,β-unsaturated/α-hetero) is 1. The van der Waals surface area contributed by atoms with Crippen LogP contribution in [0.3, 0.4) is 0 Å². The molecule has 1 atom stereocenters. The lowest BCUT2D eigenvalue weighted by Gasteiger charge is -2.21. The van der Waals surface area contributed by atoms with Gasteiger partial charge in [0.05, 0.1) is 16.8 Å². The molecule has 1 aromatic heterocycles. The van der Waals surface area contributed by atoms with E-state index < -0.39 is 29.3 Å². The van der Waals surface area contributed by atoms with Gasteiger partial charge in [-0.25, -0.2) is 4.98 Å². The maximum absolute atomic E-state index is 13.0. The minimum atomic E-state index is -4.67. The molecule has 0 amide bonds. The van der Waals surface area contributed by atoms with E-state index in [1.165, 1.54) is 6.07 Å². The molecule has 3 nitrogen and oxygen atoms in total. The number of carbonyl (C=O) groups excluding carboxylic acids is 1. The number of allylic oxidation sites excluding steroid dienone is 1. The molecule has 0 aliphatic heterocycles.